The van der Waals surface area contributed by atoms with Crippen LogP contribution in [-0.4, -0.2) is 16.1 Å². The Morgan fingerprint density at radius 1 is 1.18 bits per heavy atom. The van der Waals surface area contributed by atoms with Gasteiger partial charge in [-0.2, -0.15) is 0 Å². The van der Waals surface area contributed by atoms with Gasteiger partial charge in [-0.3, -0.25) is 4.79 Å². The van der Waals surface area contributed by atoms with Crippen molar-refractivity contribution < 1.29 is 18.4 Å². The number of nitrogens with zero attached hydrogens (tertiary/aromatic N) is 1. The second kappa shape index (κ2) is 7.68. The van der Waals surface area contributed by atoms with Crippen LogP contribution in [0.3, 0.4) is 0 Å². The van der Waals surface area contributed by atoms with E-state index in [0.29, 0.717) is 17.9 Å². The Kier molecular flexibility index (Phi) is 4.93. The predicted molar refractivity (Wildman–Crippen MR) is 103 cm³/mol. The Hall–Kier alpha value is -3.41. The normalized spacial score (nSPS) is 11.1. The van der Waals surface area contributed by atoms with Gasteiger partial charge in [0.2, 0.25) is 0 Å². The van der Waals surface area contributed by atoms with Crippen LogP contribution in [0.5, 0.6) is 0 Å². The van der Waals surface area contributed by atoms with Gasteiger partial charge in [0.1, 0.15) is 23.9 Å². The molecule has 0 aliphatic heterocycles. The van der Waals surface area contributed by atoms with Crippen LogP contribution in [0.25, 0.3) is 22.2 Å². The molecule has 4 rings (SSSR count). The number of ether oxygens (including phenoxy) is 1. The number of fused-ring (bicyclic) bond motifs is 1. The minimum absolute atomic E-state index is 0.0921. The number of esters is 1. The summed E-state index contributed by atoms with van der Waals surface area (Å²) < 4.78 is 23.6. The molecule has 0 saturated carbocycles. The summed E-state index contributed by atoms with van der Waals surface area (Å²) in [6, 6.07) is 16.0. The third kappa shape index (κ3) is 3.81. The van der Waals surface area contributed by atoms with E-state index in [1.807, 2.05) is 24.3 Å². The van der Waals surface area contributed by atoms with Crippen molar-refractivity contribution in [3.63, 3.8) is 0 Å². The molecule has 0 spiro atoms. The summed E-state index contributed by atoms with van der Waals surface area (Å²) in [5.74, 6) is 0.0813. The number of H-pyrrole nitrogens is 1. The first kappa shape index (κ1) is 18.0. The molecule has 0 atom stereocenters. The van der Waals surface area contributed by atoms with Crippen molar-refractivity contribution in [2.24, 2.45) is 0 Å². The number of carbonyl (C=O) groups is 1. The van der Waals surface area contributed by atoms with E-state index >= 15 is 0 Å². The Bertz CT molecular complexity index is 1110. The molecule has 1 N–H and O–H groups in total. The topological polar surface area (TPSA) is 68.1 Å². The zero-order valence-corrected chi connectivity index (χ0v) is 15.4. The zero-order chi connectivity index (χ0) is 19.5. The molecule has 0 aliphatic rings. The van der Waals surface area contributed by atoms with Gasteiger partial charge in [-0.25, -0.2) is 4.39 Å². The molecule has 2 heterocycles. The van der Waals surface area contributed by atoms with Crippen LogP contribution >= 0.6 is 0 Å². The fourth-order valence-corrected chi connectivity index (χ4v) is 3.26. The average Bonchev–Trinajstić information content (AvgIpc) is 3.28. The fourth-order valence-electron chi connectivity index (χ4n) is 3.26. The number of benzene rings is 2. The van der Waals surface area contributed by atoms with Crippen LogP contribution in [-0.2, 0) is 22.6 Å². The number of hydrogen-bond acceptors (Lipinski definition) is 4. The predicted octanol–water partition coefficient (Wildman–Crippen LogP) is 4.95. The van der Waals surface area contributed by atoms with Crippen molar-refractivity contribution in [3.8, 4) is 11.3 Å². The van der Waals surface area contributed by atoms with Crippen LogP contribution in [0.4, 0.5) is 4.39 Å². The maximum atomic E-state index is 13.3. The number of aromatic nitrogens is 2. The number of halogens is 1. The Morgan fingerprint density at radius 3 is 2.71 bits per heavy atom. The molecule has 2 aromatic carbocycles. The zero-order valence-electron chi connectivity index (χ0n) is 15.4. The van der Waals surface area contributed by atoms with Crippen LogP contribution < -0.4 is 0 Å². The molecule has 2 aromatic heterocycles. The summed E-state index contributed by atoms with van der Waals surface area (Å²) in [6.07, 6.45) is 0.736. The molecule has 0 fully saturated rings. The van der Waals surface area contributed by atoms with E-state index < -0.39 is 0 Å². The number of nitrogens with one attached hydrogen (secondary N) is 1. The van der Waals surface area contributed by atoms with Gasteiger partial charge >= 0.3 is 5.97 Å². The minimum Gasteiger partial charge on any atom is -0.459 e. The number of aromatic amines is 1. The molecule has 0 saturated heterocycles. The smallest absolute Gasteiger partial charge is 0.306 e. The van der Waals surface area contributed by atoms with Crippen molar-refractivity contribution in [2.75, 3.05) is 0 Å². The van der Waals surface area contributed by atoms with Crippen LogP contribution in [0.2, 0.25) is 0 Å². The van der Waals surface area contributed by atoms with Gasteiger partial charge in [0.25, 0.3) is 0 Å². The summed E-state index contributed by atoms with van der Waals surface area (Å²) in [4.78, 5) is 15.6. The molecule has 28 heavy (non-hydrogen) atoms. The summed E-state index contributed by atoms with van der Waals surface area (Å²) in [7, 11) is 0. The lowest BCUT2D eigenvalue weighted by Gasteiger charge is -2.06. The number of carbonyl (C=O) groups excluding carboxylic acids is 1. The van der Waals surface area contributed by atoms with Gasteiger partial charge in [-0.1, -0.05) is 23.4 Å². The molecule has 0 bridgehead atoms. The van der Waals surface area contributed by atoms with E-state index in [9.17, 15) is 9.18 Å². The first-order valence-corrected chi connectivity index (χ1v) is 9.03. The van der Waals surface area contributed by atoms with Crippen molar-refractivity contribution in [1.29, 1.82) is 0 Å². The van der Waals surface area contributed by atoms with Crippen LogP contribution in [0.1, 0.15) is 23.4 Å². The van der Waals surface area contributed by atoms with Gasteiger partial charge in [0.05, 0.1) is 0 Å². The number of aryl methyl sites for hydroxylation is 2. The average molecular weight is 378 g/mol. The lowest BCUT2D eigenvalue weighted by Crippen LogP contribution is -2.06. The third-order valence-corrected chi connectivity index (χ3v) is 4.58. The highest BCUT2D eigenvalue weighted by atomic mass is 19.1. The highest BCUT2D eigenvalue weighted by molar-refractivity contribution is 5.91. The standard InChI is InChI=1S/C22H19FN2O3/c1-14-12-17(25-28-14)13-27-21(26)11-10-19-18-4-2-3-5-20(18)24-22(19)15-6-8-16(23)9-7-15/h2-9,12,24H,10-11,13H2,1H3. The fraction of sp³-hybridized carbons (Fsp3) is 0.182. The molecule has 5 nitrogen and oxygen atoms in total. The maximum Gasteiger partial charge on any atom is 0.306 e. The first-order chi connectivity index (χ1) is 13.6. The molecule has 142 valence electrons. The van der Waals surface area contributed by atoms with E-state index in [0.717, 1.165) is 27.7 Å². The van der Waals surface area contributed by atoms with E-state index in [-0.39, 0.29) is 24.8 Å². The SMILES string of the molecule is Cc1cc(COC(=O)CCc2c(-c3ccc(F)cc3)[nH]c3ccccc23)no1. The lowest BCUT2D eigenvalue weighted by atomic mass is 10.0. The Morgan fingerprint density at radius 2 is 1.96 bits per heavy atom. The molecular weight excluding hydrogens is 359 g/mol. The van der Waals surface area contributed by atoms with Gasteiger partial charge in [-0.05, 0) is 54.8 Å². The molecule has 0 aliphatic carbocycles. The van der Waals surface area contributed by atoms with Crippen LogP contribution in [0.15, 0.2) is 59.1 Å². The number of hydrogen-bond donors (Lipinski definition) is 1. The largest absolute Gasteiger partial charge is 0.459 e. The molecule has 6 heteroatoms. The lowest BCUT2D eigenvalue weighted by molar-refractivity contribution is -0.145. The first-order valence-electron chi connectivity index (χ1n) is 9.03. The van der Waals surface area contributed by atoms with E-state index in [4.69, 9.17) is 9.26 Å². The Labute approximate surface area is 161 Å². The quantitative estimate of drug-likeness (QED) is 0.482. The van der Waals surface area contributed by atoms with E-state index in [1.165, 1.54) is 12.1 Å². The summed E-state index contributed by atoms with van der Waals surface area (Å²) >= 11 is 0. The number of rotatable bonds is 6. The molecule has 0 radical (unpaired) electrons. The van der Waals surface area contributed by atoms with E-state index in [2.05, 4.69) is 10.1 Å². The second-order valence-electron chi connectivity index (χ2n) is 6.62. The number of para-hydroxylation sites is 1. The second-order valence-corrected chi connectivity index (χ2v) is 6.62. The van der Waals surface area contributed by atoms with Crippen molar-refractivity contribution in [2.45, 2.75) is 26.4 Å². The molecule has 0 amide bonds. The van der Waals surface area contributed by atoms with Crippen molar-refractivity contribution >= 4 is 16.9 Å². The highest BCUT2D eigenvalue weighted by Crippen LogP contribution is 2.31. The molecule has 0 unspecified atom stereocenters. The monoisotopic (exact) mass is 378 g/mol. The van der Waals surface area contributed by atoms with Crippen molar-refractivity contribution in [3.05, 3.63) is 77.4 Å². The minimum atomic E-state index is -0.309. The van der Waals surface area contributed by atoms with Crippen LogP contribution in [0, 0.1) is 12.7 Å². The van der Waals surface area contributed by atoms with E-state index in [1.54, 1.807) is 25.1 Å². The maximum absolute atomic E-state index is 13.3. The van der Waals surface area contributed by atoms with Gasteiger partial charge in [0, 0.05) is 29.1 Å². The summed E-state index contributed by atoms with van der Waals surface area (Å²) in [5, 5.41) is 4.85. The van der Waals surface area contributed by atoms with Gasteiger partial charge in [0.15, 0.2) is 0 Å². The summed E-state index contributed by atoms with van der Waals surface area (Å²) in [5.41, 5.74) is 4.34. The van der Waals surface area contributed by atoms with Crippen molar-refractivity contribution in [1.82, 2.24) is 10.1 Å². The third-order valence-electron chi connectivity index (χ3n) is 4.58. The molecular formula is C22H19FN2O3. The van der Waals surface area contributed by atoms with Gasteiger partial charge in [-0.15, -0.1) is 0 Å². The highest BCUT2D eigenvalue weighted by Gasteiger charge is 2.15. The summed E-state index contributed by atoms with van der Waals surface area (Å²) in [6.45, 7) is 1.88. The Balaban J connectivity index is 1.53. The van der Waals surface area contributed by atoms with Gasteiger partial charge < -0.3 is 14.2 Å². The molecule has 4 aromatic rings.